The summed E-state index contributed by atoms with van der Waals surface area (Å²) in [6.07, 6.45) is 11.5. The molecule has 43 heavy (non-hydrogen) atoms. The number of allylic oxidation sites excluding steroid dienone is 6. The number of nitrogens with zero attached hydrogens (tertiary/aromatic N) is 1. The summed E-state index contributed by atoms with van der Waals surface area (Å²) in [6.45, 7) is 10.9. The number of piperidine rings is 1. The lowest BCUT2D eigenvalue weighted by Gasteiger charge is -2.69. The molecule has 7 aliphatic carbocycles. The Bertz CT molecular complexity index is 1970. The highest BCUT2D eigenvalue weighted by molar-refractivity contribution is 6.21. The summed E-state index contributed by atoms with van der Waals surface area (Å²) in [7, 11) is 1.59. The van der Waals surface area contributed by atoms with Crippen LogP contribution in [0.2, 0.25) is 0 Å². The highest BCUT2D eigenvalue weighted by Gasteiger charge is 2.85. The molecule has 2 spiro atoms. The molecule has 2 saturated carbocycles. The van der Waals surface area contributed by atoms with Crippen LogP contribution in [0.15, 0.2) is 53.2 Å². The van der Waals surface area contributed by atoms with Gasteiger partial charge in [0.05, 0.1) is 11.1 Å². The first-order valence-electron chi connectivity index (χ1n) is 15.9. The number of hydrogen-bond donors (Lipinski definition) is 0. The molecular weight excluding hydrogens is 538 g/mol. The van der Waals surface area contributed by atoms with E-state index < -0.39 is 17.4 Å². The number of likely N-dealkylation sites (N-methyl/N-ethyl adjacent to an activating group) is 1. The number of amides is 2. The lowest BCUT2D eigenvalue weighted by Crippen LogP contribution is -2.70. The summed E-state index contributed by atoms with van der Waals surface area (Å²) in [5.74, 6) is -0.703. The van der Waals surface area contributed by atoms with E-state index in [1.54, 1.807) is 7.05 Å². The van der Waals surface area contributed by atoms with Gasteiger partial charge in [0.15, 0.2) is 0 Å². The van der Waals surface area contributed by atoms with E-state index in [1.807, 2.05) is 18.2 Å². The van der Waals surface area contributed by atoms with Gasteiger partial charge >= 0.3 is 11.9 Å². The molecule has 7 unspecified atom stereocenters. The summed E-state index contributed by atoms with van der Waals surface area (Å²) in [4.78, 5) is 55.7. The lowest BCUT2D eigenvalue weighted by molar-refractivity contribution is -0.155. The lowest BCUT2D eigenvalue weighted by atomic mass is 9.32. The van der Waals surface area contributed by atoms with Gasteiger partial charge in [-0.25, -0.2) is 9.59 Å². The molecule has 2 amide bonds. The molecule has 3 fully saturated rings. The SMILES string of the molecule is CCC1CC(C)C1C1=c2c(ccc3c2=C(C)C2=C[C@]4(CC)C=C5C(=O)N(C)C(=O)C6=CC=C3C23C(C)C65C34)C(=O)OC1=O. The van der Waals surface area contributed by atoms with Crippen LogP contribution in [0.5, 0.6) is 0 Å². The minimum Gasteiger partial charge on any atom is -0.386 e. The molecule has 9 aliphatic rings. The summed E-state index contributed by atoms with van der Waals surface area (Å²) < 4.78 is 5.39. The first kappa shape index (κ1) is 25.7. The number of cyclic esters (lactones) is 2. The molecule has 0 aromatic heterocycles. The monoisotopic (exact) mass is 573 g/mol. The van der Waals surface area contributed by atoms with Crippen LogP contribution in [-0.4, -0.2) is 35.7 Å². The van der Waals surface area contributed by atoms with E-state index in [9.17, 15) is 19.2 Å². The Labute approximate surface area is 250 Å². The second-order valence-electron chi connectivity index (χ2n) is 14.3. The molecule has 8 atom stereocenters. The number of benzene rings is 1. The minimum absolute atomic E-state index is 0.00895. The van der Waals surface area contributed by atoms with Crippen molar-refractivity contribution in [3.8, 4) is 0 Å². The maximum atomic E-state index is 13.8. The Kier molecular flexibility index (Phi) is 4.45. The maximum Gasteiger partial charge on any atom is 0.346 e. The fourth-order valence-electron chi connectivity index (χ4n) is 11.7. The predicted octanol–water partition coefficient (Wildman–Crippen LogP) is 4.24. The quantitative estimate of drug-likeness (QED) is 0.307. The van der Waals surface area contributed by atoms with Crippen LogP contribution < -0.4 is 10.4 Å². The van der Waals surface area contributed by atoms with Crippen LogP contribution in [0.4, 0.5) is 0 Å². The minimum atomic E-state index is -0.619. The van der Waals surface area contributed by atoms with Crippen molar-refractivity contribution in [2.24, 2.45) is 45.8 Å². The average Bonchev–Trinajstić information content (AvgIpc) is 3.31. The second-order valence-corrected chi connectivity index (χ2v) is 14.3. The zero-order chi connectivity index (χ0) is 30.1. The molecule has 0 radical (unpaired) electrons. The van der Waals surface area contributed by atoms with E-state index in [0.717, 1.165) is 52.0 Å². The van der Waals surface area contributed by atoms with Crippen molar-refractivity contribution in [1.29, 1.82) is 0 Å². The van der Waals surface area contributed by atoms with Crippen LogP contribution in [0.1, 0.15) is 69.8 Å². The van der Waals surface area contributed by atoms with E-state index >= 15 is 0 Å². The fraction of sp³-hybridized carbons (Fsp3) is 0.459. The number of carbonyl (C=O) groups is 4. The number of carbonyl (C=O) groups excluding carboxylic acids is 4. The number of rotatable bonds is 3. The van der Waals surface area contributed by atoms with Gasteiger partial charge in [-0.05, 0) is 82.9 Å². The molecule has 6 nitrogen and oxygen atoms in total. The number of esters is 2. The first-order chi connectivity index (χ1) is 20.5. The number of imide groups is 1. The molecule has 10 rings (SSSR count). The average molecular weight is 574 g/mol. The fourth-order valence-corrected chi connectivity index (χ4v) is 11.7. The Morgan fingerprint density at radius 2 is 1.51 bits per heavy atom. The summed E-state index contributed by atoms with van der Waals surface area (Å²) >= 11 is 0. The van der Waals surface area contributed by atoms with Crippen molar-refractivity contribution in [3.05, 3.63) is 74.7 Å². The van der Waals surface area contributed by atoms with E-state index in [2.05, 4.69) is 52.8 Å². The van der Waals surface area contributed by atoms with Gasteiger partial charge in [0, 0.05) is 39.7 Å². The van der Waals surface area contributed by atoms with E-state index in [0.29, 0.717) is 28.5 Å². The summed E-state index contributed by atoms with van der Waals surface area (Å²) in [5, 5.41) is 1.71. The van der Waals surface area contributed by atoms with Gasteiger partial charge in [-0.2, -0.15) is 0 Å². The second kappa shape index (κ2) is 7.46. The van der Waals surface area contributed by atoms with Crippen LogP contribution in [-0.2, 0) is 19.1 Å². The van der Waals surface area contributed by atoms with Crippen LogP contribution >= 0.6 is 0 Å². The van der Waals surface area contributed by atoms with Crippen molar-refractivity contribution < 1.29 is 23.9 Å². The molecule has 2 heterocycles. The number of fused-ring (bicyclic) bond motifs is 4. The standard InChI is InChI=1S/C37H35NO5/c1-7-19-13-16(3)26(19)29-28-21(32(41)43-33(29)42)10-9-20-22-11-12-23-30(39)38(6)31(40)25-15-35(8-2)14-24(17(4)27(20)28)36(22)18(5)37(23,25)34(35)36/h9-12,14-16,18-19,26,34H,7-8,13H2,1-6H3/t16?,18?,19?,26?,34?,35-,36?,37?/m1/s1. The molecule has 1 saturated heterocycles. The predicted molar refractivity (Wildman–Crippen MR) is 160 cm³/mol. The van der Waals surface area contributed by atoms with Gasteiger partial charge in [-0.1, -0.05) is 64.5 Å². The van der Waals surface area contributed by atoms with E-state index in [-0.39, 0.29) is 40.4 Å². The Balaban J connectivity index is 1.45. The van der Waals surface area contributed by atoms with Crippen molar-refractivity contribution in [2.45, 2.75) is 53.9 Å². The van der Waals surface area contributed by atoms with Crippen LogP contribution in [0, 0.1) is 45.8 Å². The maximum absolute atomic E-state index is 13.8. The molecule has 218 valence electrons. The van der Waals surface area contributed by atoms with Crippen molar-refractivity contribution in [3.63, 3.8) is 0 Å². The smallest absolute Gasteiger partial charge is 0.346 e. The first-order valence-corrected chi connectivity index (χ1v) is 15.9. The Hall–Kier alpha value is -3.80. The molecule has 0 N–H and O–H groups in total. The largest absolute Gasteiger partial charge is 0.386 e. The van der Waals surface area contributed by atoms with Crippen molar-refractivity contribution >= 4 is 40.5 Å². The molecular formula is C37H35NO5. The number of likely N-dealkylation sites (tertiary alicyclic amines) is 1. The number of ether oxygens (including phenoxy) is 1. The molecule has 6 heteroatoms. The van der Waals surface area contributed by atoms with Crippen molar-refractivity contribution in [1.82, 2.24) is 4.90 Å². The van der Waals surface area contributed by atoms with Crippen LogP contribution in [0.25, 0.3) is 16.7 Å². The van der Waals surface area contributed by atoms with Crippen LogP contribution in [0.3, 0.4) is 0 Å². The third kappa shape index (κ3) is 2.31. The van der Waals surface area contributed by atoms with Gasteiger partial charge in [0.2, 0.25) is 0 Å². The third-order valence-electron chi connectivity index (χ3n) is 13.3. The third-order valence-corrected chi connectivity index (χ3v) is 13.3. The molecule has 2 aliphatic heterocycles. The highest BCUT2D eigenvalue weighted by Crippen LogP contribution is 2.88. The van der Waals surface area contributed by atoms with E-state index in [4.69, 9.17) is 4.74 Å². The Morgan fingerprint density at radius 3 is 2.21 bits per heavy atom. The van der Waals surface area contributed by atoms with Gasteiger partial charge in [0.25, 0.3) is 11.8 Å². The molecule has 1 aromatic carbocycles. The number of hydrogen-bond acceptors (Lipinski definition) is 5. The van der Waals surface area contributed by atoms with Gasteiger partial charge < -0.3 is 4.74 Å². The molecule has 1 aromatic rings. The normalized spacial score (nSPS) is 40.8. The Morgan fingerprint density at radius 1 is 0.860 bits per heavy atom. The topological polar surface area (TPSA) is 80.8 Å². The molecule has 2 bridgehead atoms. The van der Waals surface area contributed by atoms with E-state index in [1.165, 1.54) is 10.5 Å². The van der Waals surface area contributed by atoms with Gasteiger partial charge in [-0.15, -0.1) is 0 Å². The summed E-state index contributed by atoms with van der Waals surface area (Å²) in [5.41, 5.74) is 5.73. The highest BCUT2D eigenvalue weighted by atomic mass is 16.6. The van der Waals surface area contributed by atoms with Gasteiger partial charge in [0.1, 0.15) is 0 Å². The zero-order valence-electron chi connectivity index (χ0n) is 25.5. The summed E-state index contributed by atoms with van der Waals surface area (Å²) in [6, 6.07) is 3.88. The zero-order valence-corrected chi connectivity index (χ0v) is 25.5. The van der Waals surface area contributed by atoms with Crippen molar-refractivity contribution in [2.75, 3.05) is 7.05 Å². The van der Waals surface area contributed by atoms with Gasteiger partial charge in [-0.3, -0.25) is 14.5 Å².